The Kier molecular flexibility index (Phi) is 3.66. The minimum Gasteiger partial charge on any atom is -0.396 e. The Morgan fingerprint density at radius 3 is 2.58 bits per heavy atom. The van der Waals surface area contributed by atoms with Crippen LogP contribution in [0, 0.1) is 5.41 Å². The molecule has 0 bridgehead atoms. The van der Waals surface area contributed by atoms with Crippen LogP contribution in [0.15, 0.2) is 18.5 Å². The second kappa shape index (κ2) is 5.09. The Bertz CT molecular complexity index is 476. The lowest BCUT2D eigenvalue weighted by atomic mass is 9.87. The minimum absolute atomic E-state index is 0.121. The molecule has 0 saturated heterocycles. The number of rotatable bonds is 5. The number of aromatic nitrogens is 1. The Morgan fingerprint density at radius 1 is 1.26 bits per heavy atom. The Balaban J connectivity index is 2.16. The van der Waals surface area contributed by atoms with Crippen LogP contribution in [0.2, 0.25) is 0 Å². The smallest absolute Gasteiger partial charge is 0.263 e. The van der Waals surface area contributed by atoms with Crippen LogP contribution in [0.4, 0.5) is 0 Å². The van der Waals surface area contributed by atoms with E-state index in [-0.39, 0.29) is 23.8 Å². The van der Waals surface area contributed by atoms with Gasteiger partial charge in [0.2, 0.25) is 0 Å². The van der Waals surface area contributed by atoms with Crippen molar-refractivity contribution in [2.24, 2.45) is 5.41 Å². The second-order valence-corrected chi connectivity index (χ2v) is 5.61. The van der Waals surface area contributed by atoms with Crippen LogP contribution in [0.25, 0.3) is 0 Å². The highest BCUT2D eigenvalue weighted by atomic mass is 16.3. The molecule has 5 heteroatoms. The molecule has 0 atom stereocenters. The minimum atomic E-state index is -0.273. The molecule has 1 aromatic rings. The number of hydrogen-bond donors (Lipinski definition) is 1. The predicted molar refractivity (Wildman–Crippen MR) is 69.7 cm³/mol. The van der Waals surface area contributed by atoms with Gasteiger partial charge in [-0.15, -0.1) is 0 Å². The summed E-state index contributed by atoms with van der Waals surface area (Å²) in [5, 5.41) is 8.88. The maximum atomic E-state index is 12.2. The summed E-state index contributed by atoms with van der Waals surface area (Å²) >= 11 is 0. The zero-order valence-electron chi connectivity index (χ0n) is 11.2. The van der Waals surface area contributed by atoms with E-state index in [2.05, 4.69) is 4.98 Å². The van der Waals surface area contributed by atoms with E-state index < -0.39 is 0 Å². The zero-order chi connectivity index (χ0) is 14.0. The number of fused-ring (bicyclic) bond motifs is 1. The number of carbonyl (C=O) groups excluding carboxylic acids is 2. The highest BCUT2D eigenvalue weighted by Gasteiger charge is 2.38. The molecular weight excluding hydrogens is 244 g/mol. The SMILES string of the molecule is CC(C)(CCCO)CN1C(=O)c2ccncc2C1=O. The topological polar surface area (TPSA) is 70.5 Å². The van der Waals surface area contributed by atoms with Crippen molar-refractivity contribution in [1.29, 1.82) is 0 Å². The van der Waals surface area contributed by atoms with Gasteiger partial charge in [0.25, 0.3) is 11.8 Å². The van der Waals surface area contributed by atoms with Gasteiger partial charge < -0.3 is 5.11 Å². The standard InChI is InChI=1S/C14H18N2O3/c1-14(2,5-3-7-17)9-16-12(18)10-4-6-15-8-11(10)13(16)19/h4,6,8,17H,3,5,7,9H2,1-2H3. The fourth-order valence-electron chi connectivity index (χ4n) is 2.34. The monoisotopic (exact) mass is 262 g/mol. The Hall–Kier alpha value is -1.75. The van der Waals surface area contributed by atoms with E-state index in [1.807, 2.05) is 13.8 Å². The van der Waals surface area contributed by atoms with Gasteiger partial charge in [-0.3, -0.25) is 19.5 Å². The van der Waals surface area contributed by atoms with E-state index in [0.717, 1.165) is 6.42 Å². The largest absolute Gasteiger partial charge is 0.396 e. The van der Waals surface area contributed by atoms with Crippen LogP contribution in [0.3, 0.4) is 0 Å². The molecule has 2 rings (SSSR count). The number of aliphatic hydroxyl groups is 1. The number of hydrogen-bond acceptors (Lipinski definition) is 4. The van der Waals surface area contributed by atoms with Gasteiger partial charge in [-0.05, 0) is 24.3 Å². The summed E-state index contributed by atoms with van der Waals surface area (Å²) in [6.45, 7) is 4.46. The Morgan fingerprint density at radius 2 is 1.95 bits per heavy atom. The molecule has 0 spiro atoms. The van der Waals surface area contributed by atoms with Gasteiger partial charge in [0.05, 0.1) is 11.1 Å². The number of aliphatic hydroxyl groups excluding tert-OH is 1. The van der Waals surface area contributed by atoms with Crippen LogP contribution < -0.4 is 0 Å². The van der Waals surface area contributed by atoms with Gasteiger partial charge in [0, 0.05) is 25.5 Å². The van der Waals surface area contributed by atoms with Gasteiger partial charge in [0.1, 0.15) is 0 Å². The molecule has 1 N–H and O–H groups in total. The number of nitrogens with zero attached hydrogens (tertiary/aromatic N) is 2. The molecule has 2 amide bonds. The summed E-state index contributed by atoms with van der Waals surface area (Å²) in [7, 11) is 0. The first kappa shape index (κ1) is 13.7. The third kappa shape index (κ3) is 2.66. The maximum Gasteiger partial charge on any atom is 0.263 e. The second-order valence-electron chi connectivity index (χ2n) is 5.61. The van der Waals surface area contributed by atoms with Gasteiger partial charge >= 0.3 is 0 Å². The van der Waals surface area contributed by atoms with Crippen molar-refractivity contribution in [3.8, 4) is 0 Å². The highest BCUT2D eigenvalue weighted by molar-refractivity contribution is 6.21. The lowest BCUT2D eigenvalue weighted by Gasteiger charge is -2.28. The van der Waals surface area contributed by atoms with E-state index >= 15 is 0 Å². The fraction of sp³-hybridized carbons (Fsp3) is 0.500. The quantitative estimate of drug-likeness (QED) is 0.816. The van der Waals surface area contributed by atoms with Crippen LogP contribution in [0.1, 0.15) is 47.4 Å². The van der Waals surface area contributed by atoms with Gasteiger partial charge in [-0.1, -0.05) is 13.8 Å². The molecule has 0 radical (unpaired) electrons. The van der Waals surface area contributed by atoms with Crippen molar-refractivity contribution in [1.82, 2.24) is 9.88 Å². The van der Waals surface area contributed by atoms with Crippen molar-refractivity contribution in [3.63, 3.8) is 0 Å². The first-order valence-corrected chi connectivity index (χ1v) is 6.37. The van der Waals surface area contributed by atoms with E-state index in [4.69, 9.17) is 5.11 Å². The third-order valence-corrected chi connectivity index (χ3v) is 3.37. The lowest BCUT2D eigenvalue weighted by Crippen LogP contribution is -2.38. The van der Waals surface area contributed by atoms with Crippen LogP contribution in [-0.4, -0.2) is 40.0 Å². The number of amides is 2. The summed E-state index contributed by atoms with van der Waals surface area (Å²) in [5.41, 5.74) is 0.604. The maximum absolute atomic E-state index is 12.2. The van der Waals surface area contributed by atoms with E-state index in [1.165, 1.54) is 17.3 Å². The zero-order valence-corrected chi connectivity index (χ0v) is 11.2. The molecule has 5 nitrogen and oxygen atoms in total. The molecule has 0 fully saturated rings. The average Bonchev–Trinajstić information content (AvgIpc) is 2.62. The average molecular weight is 262 g/mol. The summed E-state index contributed by atoms with van der Waals surface area (Å²) in [5.74, 6) is -0.523. The molecule has 1 aliphatic heterocycles. The molecule has 0 unspecified atom stereocenters. The highest BCUT2D eigenvalue weighted by Crippen LogP contribution is 2.29. The predicted octanol–water partition coefficient (Wildman–Crippen LogP) is 1.48. The number of carbonyl (C=O) groups is 2. The van der Waals surface area contributed by atoms with Crippen LogP contribution in [0.5, 0.6) is 0 Å². The first-order chi connectivity index (χ1) is 8.96. The van der Waals surface area contributed by atoms with E-state index in [0.29, 0.717) is 24.1 Å². The van der Waals surface area contributed by atoms with Crippen molar-refractivity contribution < 1.29 is 14.7 Å². The molecule has 19 heavy (non-hydrogen) atoms. The summed E-state index contributed by atoms with van der Waals surface area (Å²) < 4.78 is 0. The fourth-order valence-corrected chi connectivity index (χ4v) is 2.34. The first-order valence-electron chi connectivity index (χ1n) is 6.37. The number of pyridine rings is 1. The normalized spacial score (nSPS) is 15.0. The molecular formula is C14H18N2O3. The Labute approximate surface area is 112 Å². The van der Waals surface area contributed by atoms with Gasteiger partial charge in [-0.25, -0.2) is 0 Å². The van der Waals surface area contributed by atoms with Crippen molar-refractivity contribution >= 4 is 11.8 Å². The van der Waals surface area contributed by atoms with Gasteiger partial charge in [-0.2, -0.15) is 0 Å². The molecule has 102 valence electrons. The molecule has 0 saturated carbocycles. The molecule has 0 aromatic carbocycles. The summed E-state index contributed by atoms with van der Waals surface area (Å²) in [6, 6.07) is 1.58. The summed E-state index contributed by atoms with van der Waals surface area (Å²) in [4.78, 5) is 29.5. The van der Waals surface area contributed by atoms with E-state index in [9.17, 15) is 9.59 Å². The lowest BCUT2D eigenvalue weighted by molar-refractivity contribution is 0.0579. The van der Waals surface area contributed by atoms with Crippen LogP contribution >= 0.6 is 0 Å². The van der Waals surface area contributed by atoms with Crippen molar-refractivity contribution in [3.05, 3.63) is 29.6 Å². The van der Waals surface area contributed by atoms with E-state index in [1.54, 1.807) is 6.07 Å². The third-order valence-electron chi connectivity index (χ3n) is 3.37. The van der Waals surface area contributed by atoms with Crippen LogP contribution in [-0.2, 0) is 0 Å². The molecule has 1 aromatic heterocycles. The number of imide groups is 1. The van der Waals surface area contributed by atoms with Crippen molar-refractivity contribution in [2.45, 2.75) is 26.7 Å². The van der Waals surface area contributed by atoms with Crippen molar-refractivity contribution in [2.75, 3.05) is 13.2 Å². The molecule has 1 aliphatic rings. The molecule has 2 heterocycles. The summed E-state index contributed by atoms with van der Waals surface area (Å²) in [6.07, 6.45) is 4.38. The van der Waals surface area contributed by atoms with Gasteiger partial charge in [0.15, 0.2) is 0 Å². The molecule has 0 aliphatic carbocycles.